The average molecular weight is 375 g/mol. The number of nitrogens with one attached hydrogen (secondary N) is 1. The number of hydrogen-bond donors (Lipinski definition) is 1. The highest BCUT2D eigenvalue weighted by Crippen LogP contribution is 2.22. The van der Waals surface area contributed by atoms with Crippen LogP contribution in [0.5, 0.6) is 0 Å². The number of nitrogens with zero attached hydrogens (tertiary/aromatic N) is 2. The number of anilines is 3. The molecular formula is C19H25N3O3S. The molecule has 0 saturated heterocycles. The van der Waals surface area contributed by atoms with Crippen LogP contribution in [0.1, 0.15) is 12.5 Å². The van der Waals surface area contributed by atoms with Crippen LogP contribution >= 0.6 is 0 Å². The van der Waals surface area contributed by atoms with Gasteiger partial charge in [-0.3, -0.25) is 9.10 Å². The van der Waals surface area contributed by atoms with Gasteiger partial charge in [0.1, 0.15) is 6.54 Å². The van der Waals surface area contributed by atoms with Crippen molar-refractivity contribution in [1.82, 2.24) is 0 Å². The van der Waals surface area contributed by atoms with E-state index in [0.29, 0.717) is 11.4 Å². The van der Waals surface area contributed by atoms with Gasteiger partial charge in [0, 0.05) is 25.5 Å². The predicted molar refractivity (Wildman–Crippen MR) is 107 cm³/mol. The molecule has 140 valence electrons. The zero-order valence-electron chi connectivity index (χ0n) is 15.6. The molecular weight excluding hydrogens is 350 g/mol. The lowest BCUT2D eigenvalue weighted by Crippen LogP contribution is -2.37. The molecule has 7 heteroatoms. The minimum atomic E-state index is -3.60. The first-order valence-electron chi connectivity index (χ1n) is 8.35. The van der Waals surface area contributed by atoms with Gasteiger partial charge >= 0.3 is 0 Å². The molecule has 0 radical (unpaired) electrons. The fourth-order valence-electron chi connectivity index (χ4n) is 2.59. The van der Waals surface area contributed by atoms with E-state index in [1.807, 2.05) is 62.3 Å². The lowest BCUT2D eigenvalue weighted by Gasteiger charge is -2.23. The Kier molecular flexibility index (Phi) is 6.26. The molecule has 0 saturated carbocycles. The number of hydrogen-bond acceptors (Lipinski definition) is 4. The Morgan fingerprint density at radius 2 is 1.58 bits per heavy atom. The van der Waals surface area contributed by atoms with Crippen molar-refractivity contribution in [3.05, 3.63) is 54.1 Å². The quantitative estimate of drug-likeness (QED) is 0.808. The second-order valence-corrected chi connectivity index (χ2v) is 8.15. The lowest BCUT2D eigenvalue weighted by molar-refractivity contribution is -0.114. The Bertz CT molecular complexity index is 862. The molecule has 0 fully saturated rings. The zero-order valence-corrected chi connectivity index (χ0v) is 16.4. The van der Waals surface area contributed by atoms with Gasteiger partial charge in [0.15, 0.2) is 0 Å². The Morgan fingerprint density at radius 3 is 2.12 bits per heavy atom. The van der Waals surface area contributed by atoms with Crippen LogP contribution in [0, 0.1) is 0 Å². The van der Waals surface area contributed by atoms with E-state index >= 15 is 0 Å². The minimum absolute atomic E-state index is 0.280. The molecule has 0 atom stereocenters. The summed E-state index contributed by atoms with van der Waals surface area (Å²) in [6, 6.07) is 14.5. The first-order valence-corrected chi connectivity index (χ1v) is 10.2. The molecule has 0 aromatic heterocycles. The second-order valence-electron chi connectivity index (χ2n) is 6.24. The molecule has 0 spiro atoms. The summed E-state index contributed by atoms with van der Waals surface area (Å²) in [7, 11) is 0.214. The summed E-state index contributed by atoms with van der Waals surface area (Å²) in [6.45, 7) is 1.72. The van der Waals surface area contributed by atoms with Gasteiger partial charge in [-0.1, -0.05) is 25.1 Å². The third kappa shape index (κ3) is 4.98. The van der Waals surface area contributed by atoms with Gasteiger partial charge in [0.2, 0.25) is 15.9 Å². The molecule has 0 aliphatic carbocycles. The van der Waals surface area contributed by atoms with E-state index in [1.165, 1.54) is 0 Å². The van der Waals surface area contributed by atoms with Gasteiger partial charge < -0.3 is 10.2 Å². The molecule has 2 rings (SSSR count). The van der Waals surface area contributed by atoms with E-state index in [4.69, 9.17) is 0 Å². The minimum Gasteiger partial charge on any atom is -0.378 e. The molecule has 0 unspecified atom stereocenters. The van der Waals surface area contributed by atoms with Crippen molar-refractivity contribution >= 4 is 33.0 Å². The van der Waals surface area contributed by atoms with Crippen LogP contribution in [-0.2, 0) is 21.2 Å². The third-order valence-corrected chi connectivity index (χ3v) is 5.15. The van der Waals surface area contributed by atoms with Crippen molar-refractivity contribution in [2.24, 2.45) is 0 Å². The van der Waals surface area contributed by atoms with Crippen LogP contribution in [0.2, 0.25) is 0 Å². The summed E-state index contributed by atoms with van der Waals surface area (Å²) >= 11 is 0. The van der Waals surface area contributed by atoms with E-state index in [9.17, 15) is 13.2 Å². The number of carbonyl (C=O) groups is 1. The van der Waals surface area contributed by atoms with Gasteiger partial charge in [-0.25, -0.2) is 8.42 Å². The number of benzene rings is 2. The molecule has 1 N–H and O–H groups in total. The number of rotatable bonds is 7. The largest absolute Gasteiger partial charge is 0.378 e. The molecule has 0 heterocycles. The van der Waals surface area contributed by atoms with Crippen molar-refractivity contribution < 1.29 is 13.2 Å². The predicted octanol–water partition coefficient (Wildman–Crippen LogP) is 2.72. The number of para-hydroxylation sites is 1. The van der Waals surface area contributed by atoms with Crippen LogP contribution in [0.4, 0.5) is 17.1 Å². The first-order chi connectivity index (χ1) is 12.2. The summed E-state index contributed by atoms with van der Waals surface area (Å²) in [5, 5.41) is 2.81. The lowest BCUT2D eigenvalue weighted by atomic mass is 10.1. The van der Waals surface area contributed by atoms with Gasteiger partial charge in [0.05, 0.1) is 11.9 Å². The van der Waals surface area contributed by atoms with Crippen LogP contribution in [0.15, 0.2) is 48.5 Å². The van der Waals surface area contributed by atoms with Crippen LogP contribution in [0.25, 0.3) is 0 Å². The van der Waals surface area contributed by atoms with E-state index in [1.54, 1.807) is 12.1 Å². The van der Waals surface area contributed by atoms with Gasteiger partial charge in [-0.05, 0) is 42.3 Å². The van der Waals surface area contributed by atoms with Gasteiger partial charge in [-0.15, -0.1) is 0 Å². The van der Waals surface area contributed by atoms with Crippen LogP contribution in [-0.4, -0.2) is 41.2 Å². The number of aryl methyl sites for hydroxylation is 1. The molecule has 0 aliphatic rings. The highest BCUT2D eigenvalue weighted by Gasteiger charge is 2.21. The maximum Gasteiger partial charge on any atom is 0.245 e. The van der Waals surface area contributed by atoms with E-state index in [0.717, 1.165) is 28.2 Å². The number of sulfonamides is 1. The Morgan fingerprint density at radius 1 is 1.00 bits per heavy atom. The standard InChI is InChI=1S/C19H25N3O3S/c1-5-15-8-6-7-9-18(15)20-19(23)14-22(26(4,24)25)17-12-10-16(11-13-17)21(2)3/h6-13H,5,14H2,1-4H3,(H,20,23). The highest BCUT2D eigenvalue weighted by molar-refractivity contribution is 7.92. The first kappa shape index (κ1) is 19.8. The Labute approximate surface area is 155 Å². The second kappa shape index (κ2) is 8.23. The average Bonchev–Trinajstić information content (AvgIpc) is 2.59. The molecule has 0 bridgehead atoms. The number of amides is 1. The monoisotopic (exact) mass is 375 g/mol. The maximum absolute atomic E-state index is 12.5. The topological polar surface area (TPSA) is 69.7 Å². The fourth-order valence-corrected chi connectivity index (χ4v) is 3.44. The van der Waals surface area contributed by atoms with E-state index in [-0.39, 0.29) is 12.5 Å². The Balaban J connectivity index is 2.21. The van der Waals surface area contributed by atoms with Crippen LogP contribution in [0.3, 0.4) is 0 Å². The summed E-state index contributed by atoms with van der Waals surface area (Å²) in [5.74, 6) is -0.381. The molecule has 0 aliphatic heterocycles. The smallest absolute Gasteiger partial charge is 0.245 e. The van der Waals surface area contributed by atoms with Gasteiger partial charge in [0.25, 0.3) is 0 Å². The maximum atomic E-state index is 12.5. The normalized spacial score (nSPS) is 11.1. The summed E-state index contributed by atoms with van der Waals surface area (Å²) < 4.78 is 25.5. The molecule has 6 nitrogen and oxygen atoms in total. The van der Waals surface area contributed by atoms with E-state index < -0.39 is 10.0 Å². The Hall–Kier alpha value is -2.54. The molecule has 1 amide bonds. The molecule has 2 aromatic rings. The highest BCUT2D eigenvalue weighted by atomic mass is 32.2. The third-order valence-electron chi connectivity index (χ3n) is 4.01. The number of carbonyl (C=O) groups excluding carboxylic acids is 1. The van der Waals surface area contributed by atoms with Gasteiger partial charge in [-0.2, -0.15) is 0 Å². The van der Waals surface area contributed by atoms with Crippen molar-refractivity contribution in [2.45, 2.75) is 13.3 Å². The summed E-state index contributed by atoms with van der Waals surface area (Å²) in [6.07, 6.45) is 1.87. The van der Waals surface area contributed by atoms with Crippen molar-refractivity contribution in [3.63, 3.8) is 0 Å². The molecule has 26 heavy (non-hydrogen) atoms. The van der Waals surface area contributed by atoms with Crippen molar-refractivity contribution in [3.8, 4) is 0 Å². The zero-order chi connectivity index (χ0) is 19.3. The van der Waals surface area contributed by atoms with Crippen LogP contribution < -0.4 is 14.5 Å². The molecule has 2 aromatic carbocycles. The van der Waals surface area contributed by atoms with Crippen molar-refractivity contribution in [2.75, 3.05) is 41.4 Å². The SMILES string of the molecule is CCc1ccccc1NC(=O)CN(c1ccc(N(C)C)cc1)S(C)(=O)=O. The fraction of sp³-hybridized carbons (Fsp3) is 0.316. The van der Waals surface area contributed by atoms with Crippen molar-refractivity contribution in [1.29, 1.82) is 0 Å². The summed E-state index contributed by atoms with van der Waals surface area (Å²) in [4.78, 5) is 14.4. The summed E-state index contributed by atoms with van der Waals surface area (Å²) in [5.41, 5.74) is 3.11. The van der Waals surface area contributed by atoms with E-state index in [2.05, 4.69) is 5.32 Å².